The Balaban J connectivity index is 1.81. The largest absolute Gasteiger partial charge is 0.606 e. The molecule has 0 aliphatic carbocycles. The van der Waals surface area contributed by atoms with Crippen LogP contribution in [0.15, 0.2) is 18.2 Å². The first-order valence-electron chi connectivity index (χ1n) is 10.6. The van der Waals surface area contributed by atoms with E-state index in [1.807, 2.05) is 13.8 Å². The molecule has 14 heteroatoms. The Bertz CT molecular complexity index is 1030. The number of nitrogens with zero attached hydrogens (tertiary/aromatic N) is 1. The van der Waals surface area contributed by atoms with Crippen molar-refractivity contribution in [2.45, 2.75) is 26.2 Å². The van der Waals surface area contributed by atoms with E-state index in [1.165, 1.54) is 18.2 Å². The maximum atomic E-state index is 12.8. The first kappa shape index (κ1) is 25.8. The summed E-state index contributed by atoms with van der Waals surface area (Å²) in [6.07, 6.45) is 0.222. The van der Waals surface area contributed by atoms with E-state index in [-0.39, 0.29) is 41.0 Å². The van der Waals surface area contributed by atoms with Gasteiger partial charge in [-0.25, -0.2) is 4.79 Å². The lowest BCUT2D eigenvalue weighted by atomic mass is 9.57. The molecule has 1 aromatic carbocycles. The smallest absolute Gasteiger partial charge is 0.599 e. The fourth-order valence-corrected chi connectivity index (χ4v) is 4.98. The molecular weight excluding hydrogens is 492 g/mol. The van der Waals surface area contributed by atoms with Gasteiger partial charge in [-0.3, -0.25) is 19.2 Å². The number of hydrogen-bond donors (Lipinski definition) is 3. The summed E-state index contributed by atoms with van der Waals surface area (Å²) >= 11 is 11.9. The molecule has 3 rings (SSSR count). The number of nitrogens with one attached hydrogen (secondary N) is 2. The van der Waals surface area contributed by atoms with Gasteiger partial charge >= 0.3 is 24.6 Å². The number of aliphatic carboxylic acids is 1. The molecule has 3 N–H and O–H groups in total. The van der Waals surface area contributed by atoms with Gasteiger partial charge in [-0.2, -0.15) is 0 Å². The van der Waals surface area contributed by atoms with E-state index in [1.54, 1.807) is 0 Å². The Morgan fingerprint density at radius 2 is 1.76 bits per heavy atom. The zero-order valence-electron chi connectivity index (χ0n) is 18.5. The minimum atomic E-state index is -2.89. The normalized spacial score (nSPS) is 24.3. The molecule has 0 aromatic heterocycles. The van der Waals surface area contributed by atoms with Crippen LogP contribution >= 0.6 is 23.2 Å². The molecule has 1 aromatic rings. The zero-order chi connectivity index (χ0) is 25.3. The average Bonchev–Trinajstić information content (AvgIpc) is 3.11. The minimum absolute atomic E-state index is 0.0493. The molecule has 2 fully saturated rings. The van der Waals surface area contributed by atoms with Crippen molar-refractivity contribution in [3.63, 3.8) is 0 Å². The lowest BCUT2D eigenvalue weighted by Crippen LogP contribution is -2.74. The lowest BCUT2D eigenvalue weighted by molar-refractivity contribution is -0.808. The van der Waals surface area contributed by atoms with Crippen molar-refractivity contribution < 1.29 is 42.8 Å². The van der Waals surface area contributed by atoms with Gasteiger partial charge in [0.15, 0.2) is 0 Å². The second-order valence-corrected chi connectivity index (χ2v) is 9.75. The number of carboxylic acid groups (broad SMARTS) is 1. The molecule has 0 unspecified atom stereocenters. The van der Waals surface area contributed by atoms with Crippen LogP contribution in [0.25, 0.3) is 0 Å². The Morgan fingerprint density at radius 1 is 1.15 bits per heavy atom. The monoisotopic (exact) mass is 515 g/mol. The molecule has 2 heterocycles. The summed E-state index contributed by atoms with van der Waals surface area (Å²) in [6.45, 7) is -1.01. The van der Waals surface area contributed by atoms with Crippen LogP contribution in [-0.4, -0.2) is 78.0 Å². The molecule has 2 aliphatic rings. The average molecular weight is 516 g/mol. The third kappa shape index (κ3) is 5.13. The van der Waals surface area contributed by atoms with E-state index in [0.29, 0.717) is 0 Å². The standard InChI is InChI=1S/C20H24BCl2N3O8/c1-11(2)5-15(21-26(8-17(28)29,9-18(30)33-21)10-19(31)34-21)25-16(27)7-24-20(32)13-6-12(22)3-4-14(13)23/h3-4,6,11,15H,5,7-10H2,1-2H3,(H,24,32)(H,25,27)(H,28,29)/t15-,21?,26?/m0/s1. The fourth-order valence-electron chi connectivity index (χ4n) is 4.61. The number of amides is 2. The third-order valence-corrected chi connectivity index (χ3v) is 6.43. The number of hydrogen-bond acceptors (Lipinski definition) is 7. The third-order valence-electron chi connectivity index (χ3n) is 5.86. The maximum Gasteiger partial charge on any atom is 0.606 e. The SMILES string of the molecule is CC(C)C[C@H](NC(=O)CNC(=O)c1cc(Cl)ccc1Cl)[B-]12OC(=O)C[N+]1(CC(=O)O)CC(=O)O2. The van der Waals surface area contributed by atoms with Crippen molar-refractivity contribution in [1.82, 2.24) is 10.6 Å². The van der Waals surface area contributed by atoms with E-state index < -0.39 is 59.8 Å². The lowest BCUT2D eigenvalue weighted by Gasteiger charge is -2.46. The molecule has 2 saturated heterocycles. The minimum Gasteiger partial charge on any atom is -0.599 e. The van der Waals surface area contributed by atoms with Crippen molar-refractivity contribution in [2.75, 3.05) is 26.2 Å². The quantitative estimate of drug-likeness (QED) is 0.408. The number of quaternary nitrogens is 1. The zero-order valence-corrected chi connectivity index (χ0v) is 20.0. The van der Waals surface area contributed by atoms with Crippen molar-refractivity contribution in [3.8, 4) is 0 Å². The number of rotatable bonds is 9. The van der Waals surface area contributed by atoms with Crippen LogP contribution in [0.3, 0.4) is 0 Å². The number of fused-ring (bicyclic) bond motifs is 1. The molecule has 0 saturated carbocycles. The molecule has 34 heavy (non-hydrogen) atoms. The maximum absolute atomic E-state index is 12.8. The summed E-state index contributed by atoms with van der Waals surface area (Å²) in [7, 11) is 0. The number of carbonyl (C=O) groups excluding carboxylic acids is 4. The Kier molecular flexibility index (Phi) is 7.44. The van der Waals surface area contributed by atoms with Crippen LogP contribution in [0, 0.1) is 5.92 Å². The molecular formula is C20H24BCl2N3O8. The molecule has 0 bridgehead atoms. The van der Waals surface area contributed by atoms with E-state index in [9.17, 15) is 29.1 Å². The summed E-state index contributed by atoms with van der Waals surface area (Å²) in [5.41, 5.74) is 0.0788. The number of carbonyl (C=O) groups is 5. The Labute approximate surface area is 205 Å². The number of carboxylic acids is 1. The van der Waals surface area contributed by atoms with E-state index in [0.717, 1.165) is 0 Å². The van der Waals surface area contributed by atoms with Gasteiger partial charge < -0.3 is 29.4 Å². The van der Waals surface area contributed by atoms with Crippen molar-refractivity contribution in [2.24, 2.45) is 5.92 Å². The first-order chi connectivity index (χ1) is 15.9. The predicted octanol–water partition coefficient (Wildman–Crippen LogP) is 0.747. The van der Waals surface area contributed by atoms with Crippen LogP contribution in [0.4, 0.5) is 0 Å². The van der Waals surface area contributed by atoms with Gasteiger partial charge in [0.05, 0.1) is 23.1 Å². The molecule has 2 aliphatic heterocycles. The first-order valence-corrected chi connectivity index (χ1v) is 11.3. The summed E-state index contributed by atoms with van der Waals surface area (Å²) in [5.74, 6) is -5.04. The summed E-state index contributed by atoms with van der Waals surface area (Å²) in [4.78, 5) is 61.3. The van der Waals surface area contributed by atoms with E-state index >= 15 is 0 Å². The summed E-state index contributed by atoms with van der Waals surface area (Å²) < 4.78 is 10.4. The Hall–Kier alpha value is -2.83. The van der Waals surface area contributed by atoms with E-state index in [2.05, 4.69) is 10.6 Å². The highest BCUT2D eigenvalue weighted by atomic mass is 35.5. The number of benzene rings is 1. The second-order valence-electron chi connectivity index (χ2n) is 8.91. The summed E-state index contributed by atoms with van der Waals surface area (Å²) in [6, 6.07) is 4.31. The molecule has 0 spiro atoms. The summed E-state index contributed by atoms with van der Waals surface area (Å²) in [5, 5.41) is 15.0. The highest BCUT2D eigenvalue weighted by Gasteiger charge is 2.71. The van der Waals surface area contributed by atoms with Gasteiger partial charge in [-0.15, -0.1) is 0 Å². The van der Waals surface area contributed by atoms with Crippen LogP contribution in [0.2, 0.25) is 10.0 Å². The fraction of sp³-hybridized carbons (Fsp3) is 0.450. The number of halogens is 2. The molecule has 184 valence electrons. The van der Waals surface area contributed by atoms with Crippen molar-refractivity contribution >= 4 is 59.6 Å². The second kappa shape index (κ2) is 9.81. The van der Waals surface area contributed by atoms with Gasteiger partial charge in [0.25, 0.3) is 5.91 Å². The van der Waals surface area contributed by atoms with Crippen LogP contribution in [-0.2, 0) is 28.5 Å². The van der Waals surface area contributed by atoms with Gasteiger partial charge in [-0.05, 0) is 30.5 Å². The molecule has 2 amide bonds. The van der Waals surface area contributed by atoms with Gasteiger partial charge in [0, 0.05) is 5.02 Å². The predicted molar refractivity (Wildman–Crippen MR) is 121 cm³/mol. The van der Waals surface area contributed by atoms with Crippen LogP contribution in [0.1, 0.15) is 30.6 Å². The van der Waals surface area contributed by atoms with Gasteiger partial charge in [-0.1, -0.05) is 37.0 Å². The topological polar surface area (TPSA) is 148 Å². The van der Waals surface area contributed by atoms with Crippen LogP contribution in [0.5, 0.6) is 0 Å². The van der Waals surface area contributed by atoms with Gasteiger partial charge in [0.2, 0.25) is 5.91 Å². The highest BCUT2D eigenvalue weighted by Crippen LogP contribution is 2.39. The van der Waals surface area contributed by atoms with E-state index in [4.69, 9.17) is 32.5 Å². The molecule has 1 atom stereocenters. The van der Waals surface area contributed by atoms with Crippen molar-refractivity contribution in [1.29, 1.82) is 0 Å². The van der Waals surface area contributed by atoms with Gasteiger partial charge in [0.1, 0.15) is 19.6 Å². The van der Waals surface area contributed by atoms with Crippen LogP contribution < -0.4 is 10.6 Å². The Morgan fingerprint density at radius 3 is 2.32 bits per heavy atom. The molecule has 11 nitrogen and oxygen atoms in total. The highest BCUT2D eigenvalue weighted by molar-refractivity contribution is 6.68. The molecule has 0 radical (unpaired) electrons. The van der Waals surface area contributed by atoms with Crippen molar-refractivity contribution in [3.05, 3.63) is 33.8 Å².